The summed E-state index contributed by atoms with van der Waals surface area (Å²) in [5.41, 5.74) is 3.10. The van der Waals surface area contributed by atoms with Gasteiger partial charge in [0.05, 0.1) is 0 Å². The number of hydrogen-bond donors (Lipinski definition) is 0. The highest BCUT2D eigenvalue weighted by Gasteiger charge is 2.13. The van der Waals surface area contributed by atoms with Crippen LogP contribution in [0.1, 0.15) is 21.5 Å². The third-order valence-electron chi connectivity index (χ3n) is 2.94. The van der Waals surface area contributed by atoms with Crippen LogP contribution in [0.25, 0.3) is 0 Å². The Morgan fingerprint density at radius 3 is 2.67 bits per heavy atom. The molecular weight excluding hydrogens is 315 g/mol. The van der Waals surface area contributed by atoms with E-state index in [0.29, 0.717) is 0 Å². The average Bonchev–Trinajstić information content (AvgIpc) is 2.35. The van der Waals surface area contributed by atoms with E-state index in [4.69, 9.17) is 11.6 Å². The molecule has 0 bridgehead atoms. The van der Waals surface area contributed by atoms with Crippen molar-refractivity contribution in [2.75, 3.05) is 0 Å². The fourth-order valence-electron chi connectivity index (χ4n) is 1.92. The molecule has 0 saturated heterocycles. The van der Waals surface area contributed by atoms with Crippen molar-refractivity contribution in [3.8, 4) is 0 Å². The van der Waals surface area contributed by atoms with Crippen LogP contribution in [0.15, 0.2) is 42.5 Å². The highest BCUT2D eigenvalue weighted by Crippen LogP contribution is 2.32. The van der Waals surface area contributed by atoms with Gasteiger partial charge in [0.1, 0.15) is 5.82 Å². The monoisotopic (exact) mass is 326 g/mol. The molecule has 18 heavy (non-hydrogen) atoms. The van der Waals surface area contributed by atoms with Crippen molar-refractivity contribution in [2.45, 2.75) is 18.2 Å². The second-order valence-electron chi connectivity index (χ2n) is 4.26. The third-order valence-corrected chi connectivity index (χ3v) is 4.12. The highest BCUT2D eigenvalue weighted by molar-refractivity contribution is 9.09. The number of hydrogen-bond acceptors (Lipinski definition) is 0. The summed E-state index contributed by atoms with van der Waals surface area (Å²) < 4.78 is 13.3. The molecule has 1 atom stereocenters. The van der Waals surface area contributed by atoms with Crippen molar-refractivity contribution in [1.29, 1.82) is 0 Å². The fraction of sp³-hybridized carbons (Fsp3) is 0.200. The van der Waals surface area contributed by atoms with Gasteiger partial charge in [-0.3, -0.25) is 0 Å². The predicted molar refractivity (Wildman–Crippen MR) is 78.0 cm³/mol. The first-order chi connectivity index (χ1) is 8.58. The molecule has 0 fully saturated rings. The highest BCUT2D eigenvalue weighted by atomic mass is 79.9. The Kier molecular flexibility index (Phi) is 4.41. The predicted octanol–water partition coefficient (Wildman–Crippen LogP) is 5.47. The second-order valence-corrected chi connectivity index (χ2v) is 5.78. The minimum Gasteiger partial charge on any atom is -0.207 e. The number of aryl methyl sites for hydroxylation is 1. The van der Waals surface area contributed by atoms with E-state index in [1.807, 2.05) is 31.2 Å². The molecule has 0 nitrogen and oxygen atoms in total. The van der Waals surface area contributed by atoms with Crippen LogP contribution in [0.3, 0.4) is 0 Å². The van der Waals surface area contributed by atoms with Crippen LogP contribution in [0.2, 0.25) is 5.02 Å². The molecule has 1 unspecified atom stereocenters. The summed E-state index contributed by atoms with van der Waals surface area (Å²) in [6.45, 7) is 1.98. The Morgan fingerprint density at radius 1 is 1.22 bits per heavy atom. The van der Waals surface area contributed by atoms with E-state index in [0.717, 1.165) is 28.1 Å². The van der Waals surface area contributed by atoms with E-state index >= 15 is 0 Å². The van der Waals surface area contributed by atoms with E-state index in [2.05, 4.69) is 15.9 Å². The van der Waals surface area contributed by atoms with E-state index in [-0.39, 0.29) is 10.6 Å². The Balaban J connectivity index is 2.25. The largest absolute Gasteiger partial charge is 0.207 e. The standard InChI is InChI=1S/C15H13BrClF/c1-10-6-7-12(18)9-13(10)14(16)8-11-4-2-3-5-15(11)17/h2-7,9,14H,8H2,1H3. The molecule has 2 aromatic rings. The Bertz CT molecular complexity index is 554. The molecular formula is C15H13BrClF. The lowest BCUT2D eigenvalue weighted by Gasteiger charge is -2.14. The molecule has 0 saturated carbocycles. The summed E-state index contributed by atoms with van der Waals surface area (Å²) in [5, 5.41) is 0.746. The molecule has 0 aliphatic heterocycles. The first kappa shape index (κ1) is 13.6. The Labute approximate surface area is 120 Å². The first-order valence-corrected chi connectivity index (χ1v) is 7.01. The van der Waals surface area contributed by atoms with E-state index in [1.165, 1.54) is 6.07 Å². The van der Waals surface area contributed by atoms with Crippen LogP contribution in [-0.2, 0) is 6.42 Å². The minimum atomic E-state index is -0.209. The molecule has 0 spiro atoms. The van der Waals surface area contributed by atoms with Crippen LogP contribution >= 0.6 is 27.5 Å². The molecule has 2 rings (SSSR count). The Hall–Kier alpha value is -0.860. The summed E-state index contributed by atoms with van der Waals surface area (Å²) in [6, 6.07) is 12.6. The molecule has 0 aliphatic carbocycles. The van der Waals surface area contributed by atoms with Gasteiger partial charge in [-0.1, -0.05) is 51.8 Å². The zero-order valence-electron chi connectivity index (χ0n) is 9.96. The molecule has 2 aromatic carbocycles. The quantitative estimate of drug-likeness (QED) is 0.656. The van der Waals surface area contributed by atoms with Gasteiger partial charge in [-0.25, -0.2) is 4.39 Å². The van der Waals surface area contributed by atoms with Gasteiger partial charge < -0.3 is 0 Å². The van der Waals surface area contributed by atoms with E-state index in [1.54, 1.807) is 12.1 Å². The molecule has 0 amide bonds. The van der Waals surface area contributed by atoms with E-state index < -0.39 is 0 Å². The van der Waals surface area contributed by atoms with Gasteiger partial charge in [-0.2, -0.15) is 0 Å². The molecule has 3 heteroatoms. The van der Waals surface area contributed by atoms with Crippen LogP contribution in [0.4, 0.5) is 4.39 Å². The Morgan fingerprint density at radius 2 is 1.94 bits per heavy atom. The van der Waals surface area contributed by atoms with Crippen LogP contribution in [0, 0.1) is 12.7 Å². The molecule has 0 heterocycles. The summed E-state index contributed by atoms with van der Waals surface area (Å²) in [6.07, 6.45) is 0.740. The molecule has 0 aliphatic rings. The maximum Gasteiger partial charge on any atom is 0.123 e. The van der Waals surface area contributed by atoms with Crippen molar-refractivity contribution in [3.05, 3.63) is 70.0 Å². The minimum absolute atomic E-state index is 0.0631. The zero-order valence-corrected chi connectivity index (χ0v) is 12.3. The van der Waals surface area contributed by atoms with Crippen LogP contribution in [-0.4, -0.2) is 0 Å². The summed E-state index contributed by atoms with van der Waals surface area (Å²) >= 11 is 9.75. The lowest BCUT2D eigenvalue weighted by Crippen LogP contribution is -1.99. The van der Waals surface area contributed by atoms with Crippen LogP contribution in [0.5, 0.6) is 0 Å². The van der Waals surface area contributed by atoms with Crippen molar-refractivity contribution in [1.82, 2.24) is 0 Å². The lowest BCUT2D eigenvalue weighted by molar-refractivity contribution is 0.624. The van der Waals surface area contributed by atoms with Crippen molar-refractivity contribution >= 4 is 27.5 Å². The third kappa shape index (κ3) is 3.12. The van der Waals surface area contributed by atoms with Gasteiger partial charge >= 0.3 is 0 Å². The van der Waals surface area contributed by atoms with Gasteiger partial charge in [0.25, 0.3) is 0 Å². The van der Waals surface area contributed by atoms with Gasteiger partial charge in [0.2, 0.25) is 0 Å². The molecule has 0 aromatic heterocycles. The zero-order chi connectivity index (χ0) is 13.1. The van der Waals surface area contributed by atoms with Gasteiger partial charge in [-0.05, 0) is 48.2 Å². The normalized spacial score (nSPS) is 12.4. The molecule has 0 radical (unpaired) electrons. The van der Waals surface area contributed by atoms with Crippen molar-refractivity contribution in [3.63, 3.8) is 0 Å². The van der Waals surface area contributed by atoms with Gasteiger partial charge in [-0.15, -0.1) is 0 Å². The topological polar surface area (TPSA) is 0 Å². The van der Waals surface area contributed by atoms with Crippen molar-refractivity contribution in [2.24, 2.45) is 0 Å². The number of halogens is 3. The summed E-state index contributed by atoms with van der Waals surface area (Å²) in [5.74, 6) is -0.209. The van der Waals surface area contributed by atoms with Crippen molar-refractivity contribution < 1.29 is 4.39 Å². The maximum atomic E-state index is 13.3. The molecule has 0 N–H and O–H groups in total. The molecule has 94 valence electrons. The lowest BCUT2D eigenvalue weighted by atomic mass is 10.0. The number of benzene rings is 2. The maximum absolute atomic E-state index is 13.3. The van der Waals surface area contributed by atoms with E-state index in [9.17, 15) is 4.39 Å². The van der Waals surface area contributed by atoms with Crippen LogP contribution < -0.4 is 0 Å². The fourth-order valence-corrected chi connectivity index (χ4v) is 2.97. The average molecular weight is 328 g/mol. The first-order valence-electron chi connectivity index (χ1n) is 5.71. The number of rotatable bonds is 3. The van der Waals surface area contributed by atoms with Gasteiger partial charge in [0.15, 0.2) is 0 Å². The summed E-state index contributed by atoms with van der Waals surface area (Å²) in [4.78, 5) is 0.0631. The smallest absolute Gasteiger partial charge is 0.123 e. The summed E-state index contributed by atoms with van der Waals surface area (Å²) in [7, 11) is 0. The second kappa shape index (κ2) is 5.85. The SMILES string of the molecule is Cc1ccc(F)cc1C(Br)Cc1ccccc1Cl. The number of alkyl halides is 1. The van der Waals surface area contributed by atoms with Gasteiger partial charge in [0, 0.05) is 9.85 Å².